The Balaban J connectivity index is 3.62. The van der Waals surface area contributed by atoms with Gasteiger partial charge in [0.1, 0.15) is 0 Å². The zero-order valence-corrected chi connectivity index (χ0v) is 10.8. The molecule has 0 fully saturated rings. The zero-order valence-electron chi connectivity index (χ0n) is 7.62. The van der Waals surface area contributed by atoms with Crippen LogP contribution in [0.25, 0.3) is 0 Å². The second kappa shape index (κ2) is 6.93. The maximum absolute atomic E-state index is 12.4. The highest BCUT2D eigenvalue weighted by molar-refractivity contribution is 9.12. The third-order valence-electron chi connectivity index (χ3n) is 1.59. The molecular weight excluding hydrogens is 306 g/mol. The van der Waals surface area contributed by atoms with Crippen LogP contribution in [0.2, 0.25) is 0 Å². The fourth-order valence-electron chi connectivity index (χ4n) is 0.970. The van der Waals surface area contributed by atoms with Gasteiger partial charge < -0.3 is 0 Å². The summed E-state index contributed by atoms with van der Waals surface area (Å²) in [5.41, 5.74) is 0. The molecule has 13 heavy (non-hydrogen) atoms. The second-order valence-corrected chi connectivity index (χ2v) is 5.02. The lowest BCUT2D eigenvalue weighted by Crippen LogP contribution is -1.98. The lowest BCUT2D eigenvalue weighted by Gasteiger charge is -2.03. The van der Waals surface area contributed by atoms with Crippen molar-refractivity contribution in [2.45, 2.75) is 43.9 Å². The molecule has 0 aromatic heterocycles. The van der Waals surface area contributed by atoms with Gasteiger partial charge in [-0.05, 0) is 33.3 Å². The third kappa shape index (κ3) is 10.5. The Morgan fingerprint density at radius 2 is 1.92 bits per heavy atom. The van der Waals surface area contributed by atoms with Crippen molar-refractivity contribution in [2.24, 2.45) is 0 Å². The molecule has 0 heterocycles. The van der Waals surface area contributed by atoms with Crippen LogP contribution in [-0.4, -0.2) is 4.83 Å². The number of alkyl halides is 3. The quantitative estimate of drug-likeness (QED) is 0.465. The largest absolute Gasteiger partial charge is 0.320 e. The molecule has 0 unspecified atom stereocenters. The minimum atomic E-state index is -2.88. The summed E-state index contributed by atoms with van der Waals surface area (Å²) in [5, 5.41) is 0. The molecule has 0 aliphatic rings. The van der Waals surface area contributed by atoms with Crippen molar-refractivity contribution < 1.29 is 8.78 Å². The Morgan fingerprint density at radius 1 is 1.31 bits per heavy atom. The summed E-state index contributed by atoms with van der Waals surface area (Å²) in [7, 11) is 0. The molecule has 0 saturated heterocycles. The normalized spacial score (nSPS) is 13.5. The van der Waals surface area contributed by atoms with Crippen molar-refractivity contribution in [3.63, 3.8) is 0 Å². The number of unbranched alkanes of at least 4 members (excludes halogenated alkanes) is 3. The molecule has 0 radical (unpaired) electrons. The van der Waals surface area contributed by atoms with Crippen LogP contribution in [0.4, 0.5) is 8.78 Å². The van der Waals surface area contributed by atoms with Gasteiger partial charge in [0.05, 0.1) is 0 Å². The molecule has 0 aromatic rings. The van der Waals surface area contributed by atoms with Gasteiger partial charge in [0.2, 0.25) is 0 Å². The minimum Gasteiger partial charge on any atom is -0.189 e. The molecule has 0 aliphatic carbocycles. The van der Waals surface area contributed by atoms with Crippen molar-refractivity contribution in [1.29, 1.82) is 0 Å². The molecule has 0 saturated carbocycles. The fraction of sp³-hybridized carbons (Fsp3) is 0.778. The van der Waals surface area contributed by atoms with E-state index in [4.69, 9.17) is 0 Å². The number of hydrogen-bond donors (Lipinski definition) is 0. The average molecular weight is 320 g/mol. The first-order valence-corrected chi connectivity index (χ1v) is 5.98. The summed E-state index contributed by atoms with van der Waals surface area (Å²) in [6.07, 6.45) is 6.00. The Morgan fingerprint density at radius 3 is 2.38 bits per heavy atom. The van der Waals surface area contributed by atoms with Crippen LogP contribution in [-0.2, 0) is 0 Å². The van der Waals surface area contributed by atoms with Gasteiger partial charge in [-0.3, -0.25) is 0 Å². The molecule has 78 valence electrons. The Hall–Kier alpha value is 0.560. The molecule has 0 aromatic carbocycles. The van der Waals surface area contributed by atoms with Crippen LogP contribution in [0.5, 0.6) is 0 Å². The van der Waals surface area contributed by atoms with E-state index >= 15 is 0 Å². The SMILES string of the molecule is CCCCCC/C(Br)=C/C(F)(F)Br. The monoisotopic (exact) mass is 318 g/mol. The molecule has 0 N–H and O–H groups in total. The molecule has 0 atom stereocenters. The van der Waals surface area contributed by atoms with Gasteiger partial charge in [-0.15, -0.1) is 0 Å². The lowest BCUT2D eigenvalue weighted by atomic mass is 10.1. The van der Waals surface area contributed by atoms with E-state index in [1.807, 2.05) is 0 Å². The first-order valence-electron chi connectivity index (χ1n) is 4.39. The number of hydrogen-bond acceptors (Lipinski definition) is 0. The summed E-state index contributed by atoms with van der Waals surface area (Å²) < 4.78 is 25.3. The third-order valence-corrected chi connectivity index (χ3v) is 2.44. The highest BCUT2D eigenvalue weighted by Gasteiger charge is 2.20. The van der Waals surface area contributed by atoms with E-state index in [0.717, 1.165) is 25.3 Å². The van der Waals surface area contributed by atoms with Gasteiger partial charge in [0, 0.05) is 6.08 Å². The van der Waals surface area contributed by atoms with Gasteiger partial charge >= 0.3 is 4.83 Å². The van der Waals surface area contributed by atoms with Crippen molar-refractivity contribution in [1.82, 2.24) is 0 Å². The summed E-state index contributed by atoms with van der Waals surface area (Å²) >= 11 is 5.38. The second-order valence-electron chi connectivity index (χ2n) is 2.94. The Labute approximate surface area is 95.0 Å². The smallest absolute Gasteiger partial charge is 0.189 e. The van der Waals surface area contributed by atoms with Crippen LogP contribution in [0.15, 0.2) is 10.6 Å². The molecule has 0 nitrogen and oxygen atoms in total. The lowest BCUT2D eigenvalue weighted by molar-refractivity contribution is 0.171. The summed E-state index contributed by atoms with van der Waals surface area (Å²) in [4.78, 5) is -2.88. The molecule has 0 bridgehead atoms. The van der Waals surface area contributed by atoms with E-state index in [0.29, 0.717) is 10.9 Å². The van der Waals surface area contributed by atoms with E-state index in [1.165, 1.54) is 6.42 Å². The van der Waals surface area contributed by atoms with E-state index in [9.17, 15) is 8.78 Å². The van der Waals surface area contributed by atoms with Gasteiger partial charge in [-0.1, -0.05) is 42.1 Å². The first kappa shape index (κ1) is 13.6. The highest BCUT2D eigenvalue weighted by atomic mass is 79.9. The molecule has 0 aliphatic heterocycles. The predicted octanol–water partition coefficient (Wildman–Crippen LogP) is 5.22. The summed E-state index contributed by atoms with van der Waals surface area (Å²) in [6.45, 7) is 2.12. The highest BCUT2D eigenvalue weighted by Crippen LogP contribution is 2.28. The van der Waals surface area contributed by atoms with E-state index in [2.05, 4.69) is 38.8 Å². The summed E-state index contributed by atoms with van der Waals surface area (Å²) in [6, 6.07) is 0. The molecule has 0 rings (SSSR count). The number of allylic oxidation sites excluding steroid dienone is 2. The molecule has 0 amide bonds. The maximum Gasteiger partial charge on any atom is 0.320 e. The standard InChI is InChI=1S/C9H14Br2F2/c1-2-3-4-5-6-8(10)7-9(11,12)13/h7H,2-6H2,1H3/b8-7-. The number of halogens is 4. The number of rotatable bonds is 6. The van der Waals surface area contributed by atoms with Gasteiger partial charge in [-0.25, -0.2) is 0 Å². The van der Waals surface area contributed by atoms with E-state index in [1.54, 1.807) is 0 Å². The van der Waals surface area contributed by atoms with Crippen molar-refractivity contribution in [3.8, 4) is 0 Å². The predicted molar refractivity (Wildman–Crippen MR) is 59.6 cm³/mol. The Kier molecular flexibility index (Phi) is 7.23. The van der Waals surface area contributed by atoms with Crippen molar-refractivity contribution >= 4 is 31.9 Å². The van der Waals surface area contributed by atoms with Gasteiger partial charge in [0.15, 0.2) is 0 Å². The van der Waals surface area contributed by atoms with Crippen LogP contribution < -0.4 is 0 Å². The van der Waals surface area contributed by atoms with E-state index < -0.39 is 4.83 Å². The average Bonchev–Trinajstić information content (AvgIpc) is 1.94. The molecule has 4 heteroatoms. The Bertz CT molecular complexity index is 161. The van der Waals surface area contributed by atoms with Crippen LogP contribution in [0, 0.1) is 0 Å². The fourth-order valence-corrected chi connectivity index (χ4v) is 2.12. The van der Waals surface area contributed by atoms with Crippen LogP contribution in [0.3, 0.4) is 0 Å². The first-order chi connectivity index (χ1) is 5.95. The van der Waals surface area contributed by atoms with Crippen LogP contribution >= 0.6 is 31.9 Å². The molecular formula is C9H14Br2F2. The van der Waals surface area contributed by atoms with Crippen LogP contribution in [0.1, 0.15) is 39.0 Å². The zero-order chi connectivity index (χ0) is 10.3. The van der Waals surface area contributed by atoms with Gasteiger partial charge in [0.25, 0.3) is 0 Å². The van der Waals surface area contributed by atoms with Gasteiger partial charge in [-0.2, -0.15) is 8.78 Å². The maximum atomic E-state index is 12.4. The summed E-state index contributed by atoms with van der Waals surface area (Å²) in [5.74, 6) is 0. The van der Waals surface area contributed by atoms with E-state index in [-0.39, 0.29) is 0 Å². The topological polar surface area (TPSA) is 0 Å². The van der Waals surface area contributed by atoms with Crippen molar-refractivity contribution in [2.75, 3.05) is 0 Å². The van der Waals surface area contributed by atoms with Crippen molar-refractivity contribution in [3.05, 3.63) is 10.6 Å². The minimum absolute atomic E-state index is 0.575. The molecule has 0 spiro atoms.